The van der Waals surface area contributed by atoms with Crippen LogP contribution in [0.25, 0.3) is 0 Å². The van der Waals surface area contributed by atoms with Crippen molar-refractivity contribution >= 4 is 15.8 Å². The van der Waals surface area contributed by atoms with Crippen molar-refractivity contribution in [3.8, 4) is 0 Å². The summed E-state index contributed by atoms with van der Waals surface area (Å²) in [7, 11) is -3.01. The van der Waals surface area contributed by atoms with Gasteiger partial charge in [-0.15, -0.1) is 0 Å². The van der Waals surface area contributed by atoms with Gasteiger partial charge in [0.15, 0.2) is 15.5 Å². The number of carboxylic acids is 1. The van der Waals surface area contributed by atoms with E-state index in [1.807, 2.05) is 0 Å². The Morgan fingerprint density at radius 3 is 2.89 bits per heavy atom. The minimum absolute atomic E-state index is 0.0477. The lowest BCUT2D eigenvalue weighted by Crippen LogP contribution is -2.26. The Labute approximate surface area is 110 Å². The molecule has 0 amide bonds. The molecule has 0 aromatic carbocycles. The van der Waals surface area contributed by atoms with Gasteiger partial charge >= 0.3 is 5.97 Å². The monoisotopic (exact) mass is 285 g/mol. The average Bonchev–Trinajstić information content (AvgIpc) is 2.89. The largest absolute Gasteiger partial charge is 0.476 e. The fourth-order valence-corrected chi connectivity index (χ4v) is 4.51. The number of rotatable bonds is 2. The van der Waals surface area contributed by atoms with Gasteiger partial charge in [0.1, 0.15) is 0 Å². The van der Waals surface area contributed by atoms with E-state index >= 15 is 0 Å². The Balaban J connectivity index is 2.05. The molecule has 2 aliphatic heterocycles. The molecule has 0 saturated carbocycles. The Morgan fingerprint density at radius 2 is 2.26 bits per heavy atom. The quantitative estimate of drug-likeness (QED) is 0.766. The summed E-state index contributed by atoms with van der Waals surface area (Å²) in [5, 5.41) is 16.5. The molecule has 1 unspecified atom stereocenters. The Hall–Kier alpha value is -1.41. The van der Waals surface area contributed by atoms with Gasteiger partial charge in [-0.3, -0.25) is 4.68 Å². The number of nitrogens with one attached hydrogen (secondary N) is 1. The van der Waals surface area contributed by atoms with Gasteiger partial charge in [0, 0.05) is 30.8 Å². The maximum absolute atomic E-state index is 11.6. The predicted molar refractivity (Wildman–Crippen MR) is 66.9 cm³/mol. The zero-order valence-electron chi connectivity index (χ0n) is 10.3. The molecular weight excluding hydrogens is 270 g/mol. The smallest absolute Gasteiger partial charge is 0.356 e. The number of aromatic carboxylic acids is 1. The van der Waals surface area contributed by atoms with Gasteiger partial charge < -0.3 is 10.4 Å². The van der Waals surface area contributed by atoms with Crippen LogP contribution in [0.2, 0.25) is 0 Å². The van der Waals surface area contributed by atoms with Crippen LogP contribution in [0.5, 0.6) is 0 Å². The van der Waals surface area contributed by atoms with Crippen molar-refractivity contribution < 1.29 is 18.3 Å². The molecular formula is C11H15N3O4S. The molecule has 8 heteroatoms. The number of hydrogen-bond donors (Lipinski definition) is 2. The van der Waals surface area contributed by atoms with Gasteiger partial charge in [-0.05, 0) is 6.42 Å². The highest BCUT2D eigenvalue weighted by Gasteiger charge is 2.34. The summed E-state index contributed by atoms with van der Waals surface area (Å²) in [6, 6.07) is -0.218. The summed E-state index contributed by atoms with van der Waals surface area (Å²) in [6.07, 6.45) is 1.20. The maximum atomic E-state index is 11.6. The van der Waals surface area contributed by atoms with Gasteiger partial charge in [0.05, 0.1) is 17.5 Å². The molecule has 2 aliphatic rings. The molecule has 0 bridgehead atoms. The van der Waals surface area contributed by atoms with Gasteiger partial charge in [-0.1, -0.05) is 0 Å². The summed E-state index contributed by atoms with van der Waals surface area (Å²) in [5.74, 6) is -0.833. The first-order valence-corrected chi connectivity index (χ1v) is 8.05. The molecule has 1 fully saturated rings. The van der Waals surface area contributed by atoms with Crippen LogP contribution in [0.3, 0.4) is 0 Å². The standard InChI is InChI=1S/C11H15N3O4S/c15-11(16)10-8-5-12-3-1-9(8)14(13-10)7-2-4-19(17,18)6-7/h7,12H,1-6H2,(H,15,16). The Bertz CT molecular complexity index is 635. The number of fused-ring (bicyclic) bond motifs is 1. The Kier molecular flexibility index (Phi) is 2.86. The fraction of sp³-hybridized carbons (Fsp3) is 0.636. The Morgan fingerprint density at radius 1 is 1.47 bits per heavy atom. The van der Waals surface area contributed by atoms with E-state index < -0.39 is 15.8 Å². The van der Waals surface area contributed by atoms with Crippen molar-refractivity contribution in [3.05, 3.63) is 17.0 Å². The molecule has 0 radical (unpaired) electrons. The van der Waals surface area contributed by atoms with Crippen LogP contribution >= 0.6 is 0 Å². The topological polar surface area (TPSA) is 101 Å². The highest BCUT2D eigenvalue weighted by atomic mass is 32.2. The molecule has 1 aromatic rings. The predicted octanol–water partition coefficient (Wildman–Crippen LogP) is -0.413. The zero-order valence-corrected chi connectivity index (χ0v) is 11.1. The van der Waals surface area contributed by atoms with Crippen LogP contribution in [0.1, 0.15) is 34.2 Å². The highest BCUT2D eigenvalue weighted by Crippen LogP contribution is 2.28. The summed E-state index contributed by atoms with van der Waals surface area (Å²) in [5.41, 5.74) is 1.62. The van der Waals surface area contributed by atoms with Gasteiger partial charge in [-0.25, -0.2) is 13.2 Å². The average molecular weight is 285 g/mol. The minimum atomic E-state index is -3.01. The van der Waals surface area contributed by atoms with E-state index in [1.165, 1.54) is 0 Å². The fourth-order valence-electron chi connectivity index (χ4n) is 2.82. The molecule has 2 N–H and O–H groups in total. The molecule has 0 aliphatic carbocycles. The van der Waals surface area contributed by atoms with Gasteiger partial charge in [-0.2, -0.15) is 5.10 Å². The van der Waals surface area contributed by atoms with Crippen LogP contribution in [-0.2, 0) is 22.8 Å². The second-order valence-corrected chi connectivity index (χ2v) is 7.24. The van der Waals surface area contributed by atoms with Crippen LogP contribution in [-0.4, -0.2) is 47.3 Å². The van der Waals surface area contributed by atoms with E-state index in [0.717, 1.165) is 12.2 Å². The molecule has 0 spiro atoms. The molecule has 1 saturated heterocycles. The molecule has 19 heavy (non-hydrogen) atoms. The number of nitrogens with zero attached hydrogens (tertiary/aromatic N) is 2. The van der Waals surface area contributed by atoms with Crippen molar-refractivity contribution in [2.45, 2.75) is 25.4 Å². The van der Waals surface area contributed by atoms with E-state index in [1.54, 1.807) is 4.68 Å². The van der Waals surface area contributed by atoms with Crippen LogP contribution in [0, 0.1) is 0 Å². The first kappa shape index (κ1) is 12.6. The summed E-state index contributed by atoms with van der Waals surface area (Å²) in [4.78, 5) is 11.2. The van der Waals surface area contributed by atoms with Crippen molar-refractivity contribution in [2.75, 3.05) is 18.1 Å². The summed E-state index contributed by atoms with van der Waals surface area (Å²) >= 11 is 0. The van der Waals surface area contributed by atoms with Crippen molar-refractivity contribution in [1.82, 2.24) is 15.1 Å². The normalized spacial score (nSPS) is 25.2. The molecule has 3 rings (SSSR count). The van der Waals surface area contributed by atoms with Gasteiger partial charge in [0.25, 0.3) is 0 Å². The zero-order chi connectivity index (χ0) is 13.6. The number of hydrogen-bond acceptors (Lipinski definition) is 5. The molecule has 1 atom stereocenters. The lowest BCUT2D eigenvalue weighted by molar-refractivity contribution is 0.0688. The number of carboxylic acid groups (broad SMARTS) is 1. The van der Waals surface area contributed by atoms with Crippen LogP contribution in [0.4, 0.5) is 0 Å². The van der Waals surface area contributed by atoms with E-state index in [2.05, 4.69) is 10.4 Å². The highest BCUT2D eigenvalue weighted by molar-refractivity contribution is 7.91. The third-order valence-corrected chi connectivity index (χ3v) is 5.47. The SMILES string of the molecule is O=C(O)c1nn(C2CCS(=O)(=O)C2)c2c1CNCC2. The van der Waals surface area contributed by atoms with E-state index in [0.29, 0.717) is 24.9 Å². The first-order chi connectivity index (χ1) is 8.98. The summed E-state index contributed by atoms with van der Waals surface area (Å²) in [6.45, 7) is 1.24. The third kappa shape index (κ3) is 2.14. The van der Waals surface area contributed by atoms with Crippen LogP contribution in [0.15, 0.2) is 0 Å². The lowest BCUT2D eigenvalue weighted by Gasteiger charge is -2.18. The second-order valence-electron chi connectivity index (χ2n) is 5.01. The third-order valence-electron chi connectivity index (χ3n) is 3.72. The summed E-state index contributed by atoms with van der Waals surface area (Å²) < 4.78 is 24.7. The number of carbonyl (C=O) groups is 1. The van der Waals surface area contributed by atoms with Crippen LogP contribution < -0.4 is 5.32 Å². The van der Waals surface area contributed by atoms with E-state index in [-0.39, 0.29) is 23.2 Å². The van der Waals surface area contributed by atoms with E-state index in [9.17, 15) is 18.3 Å². The lowest BCUT2D eigenvalue weighted by atomic mass is 10.1. The van der Waals surface area contributed by atoms with Crippen molar-refractivity contribution in [1.29, 1.82) is 0 Å². The van der Waals surface area contributed by atoms with Gasteiger partial charge in [0.2, 0.25) is 0 Å². The molecule has 7 nitrogen and oxygen atoms in total. The van der Waals surface area contributed by atoms with Crippen molar-refractivity contribution in [2.24, 2.45) is 0 Å². The number of sulfone groups is 1. The van der Waals surface area contributed by atoms with Crippen molar-refractivity contribution in [3.63, 3.8) is 0 Å². The first-order valence-electron chi connectivity index (χ1n) is 6.22. The second kappa shape index (κ2) is 4.31. The minimum Gasteiger partial charge on any atom is -0.476 e. The number of aromatic nitrogens is 2. The van der Waals surface area contributed by atoms with E-state index in [4.69, 9.17) is 0 Å². The molecule has 3 heterocycles. The maximum Gasteiger partial charge on any atom is 0.356 e. The molecule has 1 aromatic heterocycles. The molecule has 104 valence electrons.